The van der Waals surface area contributed by atoms with Crippen molar-refractivity contribution < 1.29 is 19.1 Å². The van der Waals surface area contributed by atoms with Crippen molar-refractivity contribution in [2.75, 3.05) is 13.7 Å². The van der Waals surface area contributed by atoms with E-state index in [1.165, 1.54) is 14.0 Å². The maximum Gasteiger partial charge on any atom is 0.328 e. The van der Waals surface area contributed by atoms with Crippen molar-refractivity contribution in [1.82, 2.24) is 5.32 Å². The zero-order valence-corrected chi connectivity index (χ0v) is 10.9. The summed E-state index contributed by atoms with van der Waals surface area (Å²) in [6.45, 7) is 1.34. The predicted molar refractivity (Wildman–Crippen MR) is 66.6 cm³/mol. The summed E-state index contributed by atoms with van der Waals surface area (Å²) in [4.78, 5) is 22.5. The SMILES string of the molecule is COC(=O)C(C)NC(=O)COc1cccc(Cl)c1. The average molecular weight is 272 g/mol. The number of rotatable bonds is 5. The van der Waals surface area contributed by atoms with Crippen LogP contribution in [0, 0.1) is 0 Å². The first kappa shape index (κ1) is 14.3. The van der Waals surface area contributed by atoms with Crippen molar-refractivity contribution in [3.63, 3.8) is 0 Å². The molecule has 1 unspecified atom stereocenters. The van der Waals surface area contributed by atoms with Gasteiger partial charge in [-0.2, -0.15) is 0 Å². The van der Waals surface area contributed by atoms with Crippen LogP contribution in [0.15, 0.2) is 24.3 Å². The van der Waals surface area contributed by atoms with Crippen molar-refractivity contribution in [3.05, 3.63) is 29.3 Å². The molecule has 6 heteroatoms. The fraction of sp³-hybridized carbons (Fsp3) is 0.333. The summed E-state index contributed by atoms with van der Waals surface area (Å²) in [7, 11) is 1.26. The molecule has 1 amide bonds. The molecule has 5 nitrogen and oxygen atoms in total. The zero-order chi connectivity index (χ0) is 13.5. The van der Waals surface area contributed by atoms with Gasteiger partial charge >= 0.3 is 5.97 Å². The highest BCUT2D eigenvalue weighted by Gasteiger charge is 2.15. The monoisotopic (exact) mass is 271 g/mol. The van der Waals surface area contributed by atoms with Gasteiger partial charge in [0.15, 0.2) is 6.61 Å². The number of hydrogen-bond acceptors (Lipinski definition) is 4. The highest BCUT2D eigenvalue weighted by atomic mass is 35.5. The Morgan fingerprint density at radius 2 is 2.17 bits per heavy atom. The summed E-state index contributed by atoms with van der Waals surface area (Å²) < 4.78 is 9.69. The molecule has 0 aliphatic heterocycles. The number of amides is 1. The van der Waals surface area contributed by atoms with Gasteiger partial charge in [0, 0.05) is 5.02 Å². The quantitative estimate of drug-likeness (QED) is 0.822. The first-order valence-electron chi connectivity index (χ1n) is 5.28. The van der Waals surface area contributed by atoms with E-state index in [1.54, 1.807) is 24.3 Å². The Bertz CT molecular complexity index is 436. The number of esters is 1. The van der Waals surface area contributed by atoms with E-state index in [1.807, 2.05) is 0 Å². The van der Waals surface area contributed by atoms with Gasteiger partial charge in [-0.05, 0) is 25.1 Å². The molecule has 1 atom stereocenters. The topological polar surface area (TPSA) is 64.6 Å². The van der Waals surface area contributed by atoms with E-state index in [4.69, 9.17) is 16.3 Å². The summed E-state index contributed by atoms with van der Waals surface area (Å²) in [5.41, 5.74) is 0. The molecule has 0 fully saturated rings. The summed E-state index contributed by atoms with van der Waals surface area (Å²) in [5, 5.41) is 2.97. The van der Waals surface area contributed by atoms with Gasteiger partial charge in [-0.25, -0.2) is 4.79 Å². The maximum atomic E-state index is 11.5. The second kappa shape index (κ2) is 6.86. The Morgan fingerprint density at radius 3 is 2.78 bits per heavy atom. The van der Waals surface area contributed by atoms with E-state index in [-0.39, 0.29) is 6.61 Å². The minimum absolute atomic E-state index is 0.193. The first-order chi connectivity index (χ1) is 8.52. The van der Waals surface area contributed by atoms with Gasteiger partial charge in [0.05, 0.1) is 7.11 Å². The molecule has 98 valence electrons. The lowest BCUT2D eigenvalue weighted by Gasteiger charge is -2.12. The Morgan fingerprint density at radius 1 is 1.44 bits per heavy atom. The average Bonchev–Trinajstić information content (AvgIpc) is 2.35. The number of carbonyl (C=O) groups excluding carboxylic acids is 2. The van der Waals surface area contributed by atoms with E-state index in [0.717, 1.165) is 0 Å². The van der Waals surface area contributed by atoms with E-state index in [2.05, 4.69) is 10.1 Å². The van der Waals surface area contributed by atoms with Gasteiger partial charge in [0.25, 0.3) is 5.91 Å². The van der Waals surface area contributed by atoms with Crippen LogP contribution in [0.25, 0.3) is 0 Å². The molecule has 0 bridgehead atoms. The lowest BCUT2D eigenvalue weighted by atomic mass is 10.3. The molecule has 0 saturated heterocycles. The van der Waals surface area contributed by atoms with Gasteiger partial charge in [0.1, 0.15) is 11.8 Å². The van der Waals surface area contributed by atoms with Crippen molar-refractivity contribution >= 4 is 23.5 Å². The number of methoxy groups -OCH3 is 1. The van der Waals surface area contributed by atoms with E-state index in [0.29, 0.717) is 10.8 Å². The molecular formula is C12H14ClNO4. The van der Waals surface area contributed by atoms with Gasteiger partial charge < -0.3 is 14.8 Å². The van der Waals surface area contributed by atoms with Crippen LogP contribution in [0.2, 0.25) is 5.02 Å². The third-order valence-electron chi connectivity index (χ3n) is 2.10. The van der Waals surface area contributed by atoms with Crippen LogP contribution in [0.4, 0.5) is 0 Å². The summed E-state index contributed by atoms with van der Waals surface area (Å²) in [6, 6.07) is 5.99. The molecule has 0 aromatic heterocycles. The van der Waals surface area contributed by atoms with Gasteiger partial charge in [-0.15, -0.1) is 0 Å². The smallest absolute Gasteiger partial charge is 0.328 e. The second-order valence-electron chi connectivity index (χ2n) is 3.56. The number of nitrogens with one attached hydrogen (secondary N) is 1. The normalized spacial score (nSPS) is 11.5. The van der Waals surface area contributed by atoms with Crippen LogP contribution in [-0.4, -0.2) is 31.6 Å². The molecule has 0 aliphatic rings. The standard InChI is InChI=1S/C12H14ClNO4/c1-8(12(16)17-2)14-11(15)7-18-10-5-3-4-9(13)6-10/h3-6,8H,7H2,1-2H3,(H,14,15). The fourth-order valence-electron chi connectivity index (χ4n) is 1.22. The Labute approximate surface area is 110 Å². The van der Waals surface area contributed by atoms with Crippen LogP contribution in [0.5, 0.6) is 5.75 Å². The minimum atomic E-state index is -0.703. The predicted octanol–water partition coefficient (Wildman–Crippen LogP) is 1.40. The van der Waals surface area contributed by atoms with E-state index in [9.17, 15) is 9.59 Å². The number of benzene rings is 1. The van der Waals surface area contributed by atoms with E-state index < -0.39 is 17.9 Å². The molecule has 0 spiro atoms. The van der Waals surface area contributed by atoms with Crippen LogP contribution in [-0.2, 0) is 14.3 Å². The molecule has 1 aromatic carbocycles. The molecule has 0 heterocycles. The zero-order valence-electron chi connectivity index (χ0n) is 10.1. The molecule has 0 radical (unpaired) electrons. The largest absolute Gasteiger partial charge is 0.484 e. The molecule has 0 aliphatic carbocycles. The summed E-state index contributed by atoms with van der Waals surface area (Å²) in [6.07, 6.45) is 0. The van der Waals surface area contributed by atoms with Crippen molar-refractivity contribution in [3.8, 4) is 5.75 Å². The van der Waals surface area contributed by atoms with Gasteiger partial charge in [-0.1, -0.05) is 17.7 Å². The fourth-order valence-corrected chi connectivity index (χ4v) is 1.40. The van der Waals surface area contributed by atoms with Gasteiger partial charge in [-0.3, -0.25) is 4.79 Å². The minimum Gasteiger partial charge on any atom is -0.484 e. The number of ether oxygens (including phenoxy) is 2. The summed E-state index contributed by atoms with van der Waals surface area (Å²) in [5.74, 6) is -0.428. The molecule has 0 saturated carbocycles. The van der Waals surface area contributed by atoms with Crippen LogP contribution in [0.1, 0.15) is 6.92 Å². The van der Waals surface area contributed by atoms with Crippen LogP contribution < -0.4 is 10.1 Å². The van der Waals surface area contributed by atoms with Crippen LogP contribution in [0.3, 0.4) is 0 Å². The van der Waals surface area contributed by atoms with Crippen molar-refractivity contribution in [2.45, 2.75) is 13.0 Å². The van der Waals surface area contributed by atoms with Crippen LogP contribution >= 0.6 is 11.6 Å². The van der Waals surface area contributed by atoms with Gasteiger partial charge in [0.2, 0.25) is 0 Å². The third kappa shape index (κ3) is 4.63. The molecule has 1 rings (SSSR count). The highest BCUT2D eigenvalue weighted by Crippen LogP contribution is 2.16. The molecule has 1 aromatic rings. The number of hydrogen-bond donors (Lipinski definition) is 1. The molecular weight excluding hydrogens is 258 g/mol. The lowest BCUT2D eigenvalue weighted by molar-refractivity contribution is -0.144. The third-order valence-corrected chi connectivity index (χ3v) is 2.33. The maximum absolute atomic E-state index is 11.5. The summed E-state index contributed by atoms with van der Waals surface area (Å²) >= 11 is 5.76. The Kier molecular flexibility index (Phi) is 5.45. The molecule has 18 heavy (non-hydrogen) atoms. The lowest BCUT2D eigenvalue weighted by Crippen LogP contribution is -2.41. The number of halogens is 1. The van der Waals surface area contributed by atoms with Crippen molar-refractivity contribution in [2.24, 2.45) is 0 Å². The van der Waals surface area contributed by atoms with E-state index >= 15 is 0 Å². The molecule has 1 N–H and O–H groups in total. The van der Waals surface area contributed by atoms with Crippen molar-refractivity contribution in [1.29, 1.82) is 0 Å². The Hall–Kier alpha value is -1.75. The Balaban J connectivity index is 2.40. The second-order valence-corrected chi connectivity index (χ2v) is 3.99. The number of carbonyl (C=O) groups is 2. The highest BCUT2D eigenvalue weighted by molar-refractivity contribution is 6.30. The first-order valence-corrected chi connectivity index (χ1v) is 5.66.